The minimum atomic E-state index is -3.99. The first-order chi connectivity index (χ1) is 17.5. The number of sulfone groups is 1. The molecule has 1 N–H and O–H groups in total. The molecule has 180 valence electrons. The highest BCUT2D eigenvalue weighted by Crippen LogP contribution is 2.37. The Hall–Kier alpha value is -3.87. The lowest BCUT2D eigenvalue weighted by molar-refractivity contribution is 0.498. The number of oxazole rings is 1. The zero-order valence-corrected chi connectivity index (χ0v) is 20.8. The Morgan fingerprint density at radius 3 is 1.83 bits per heavy atom. The van der Waals surface area contributed by atoms with Gasteiger partial charge in [-0.05, 0) is 41.0 Å². The molecule has 5 rings (SSSR count). The van der Waals surface area contributed by atoms with Crippen LogP contribution in [0.1, 0.15) is 28.5 Å². The molecule has 0 aliphatic rings. The number of halogens is 1. The Balaban J connectivity index is 1.63. The first-order valence-corrected chi connectivity index (χ1v) is 13.3. The Kier molecular flexibility index (Phi) is 6.89. The van der Waals surface area contributed by atoms with Crippen LogP contribution in [-0.4, -0.2) is 13.4 Å². The van der Waals surface area contributed by atoms with E-state index in [9.17, 15) is 8.42 Å². The number of nitrogens with zero attached hydrogens (tertiary/aromatic N) is 1. The van der Waals surface area contributed by atoms with Gasteiger partial charge in [0.05, 0.1) is 10.8 Å². The number of nitrogens with one attached hydrogen (secondary N) is 1. The van der Waals surface area contributed by atoms with E-state index in [-0.39, 0.29) is 27.6 Å². The van der Waals surface area contributed by atoms with Crippen LogP contribution >= 0.6 is 11.6 Å². The highest BCUT2D eigenvalue weighted by Gasteiger charge is 2.31. The lowest BCUT2D eigenvalue weighted by atomic mass is 9.91. The van der Waals surface area contributed by atoms with Gasteiger partial charge in [0.1, 0.15) is 0 Å². The molecule has 4 aromatic carbocycles. The summed E-state index contributed by atoms with van der Waals surface area (Å²) in [7, 11) is -3.99. The Morgan fingerprint density at radius 2 is 1.28 bits per heavy atom. The number of benzene rings is 4. The molecule has 0 spiro atoms. The van der Waals surface area contributed by atoms with E-state index in [1.165, 1.54) is 12.1 Å². The third kappa shape index (κ3) is 5.05. The maximum atomic E-state index is 13.7. The summed E-state index contributed by atoms with van der Waals surface area (Å²) in [5, 5.41) is 3.45. The minimum absolute atomic E-state index is 0.0884. The van der Waals surface area contributed by atoms with Crippen molar-refractivity contribution in [2.24, 2.45) is 0 Å². The van der Waals surface area contributed by atoms with Gasteiger partial charge in [0.25, 0.3) is 0 Å². The fraction of sp³-hybridized carbons (Fsp3) is 0.0690. The molecular weight excluding hydrogens is 492 g/mol. The van der Waals surface area contributed by atoms with Crippen LogP contribution < -0.4 is 5.32 Å². The summed E-state index contributed by atoms with van der Waals surface area (Å²) in [5.41, 5.74) is 2.86. The number of anilines is 1. The molecule has 5 aromatic rings. The van der Waals surface area contributed by atoms with Crippen LogP contribution in [0.15, 0.2) is 130 Å². The second-order valence-corrected chi connectivity index (χ2v) is 10.5. The average molecular weight is 515 g/mol. The maximum Gasteiger partial charge on any atom is 0.233 e. The summed E-state index contributed by atoms with van der Waals surface area (Å²) < 4.78 is 33.6. The molecule has 0 atom stereocenters. The van der Waals surface area contributed by atoms with Crippen molar-refractivity contribution in [1.29, 1.82) is 0 Å². The first kappa shape index (κ1) is 23.9. The van der Waals surface area contributed by atoms with E-state index >= 15 is 0 Å². The molecule has 5 nitrogen and oxygen atoms in total. The fourth-order valence-corrected chi connectivity index (χ4v) is 5.42. The third-order valence-electron chi connectivity index (χ3n) is 5.80. The molecule has 0 aliphatic carbocycles. The zero-order valence-electron chi connectivity index (χ0n) is 19.2. The molecule has 1 heterocycles. The van der Waals surface area contributed by atoms with E-state index in [1.54, 1.807) is 12.1 Å². The van der Waals surface area contributed by atoms with Gasteiger partial charge in [0.15, 0.2) is 0 Å². The number of hydrogen-bond acceptors (Lipinski definition) is 5. The van der Waals surface area contributed by atoms with Crippen molar-refractivity contribution in [2.45, 2.75) is 22.4 Å². The highest BCUT2D eigenvalue weighted by atomic mass is 35.5. The Morgan fingerprint density at radius 1 is 0.750 bits per heavy atom. The molecular formula is C29H23ClN2O3S. The van der Waals surface area contributed by atoms with Crippen molar-refractivity contribution in [3.05, 3.63) is 143 Å². The van der Waals surface area contributed by atoms with Gasteiger partial charge >= 0.3 is 0 Å². The number of aromatic nitrogens is 1. The first-order valence-electron chi connectivity index (χ1n) is 11.4. The second-order valence-electron chi connectivity index (χ2n) is 8.24. The monoisotopic (exact) mass is 514 g/mol. The molecule has 0 unspecified atom stereocenters. The van der Waals surface area contributed by atoms with Crippen LogP contribution in [0.25, 0.3) is 0 Å². The molecule has 7 heteroatoms. The Labute approximate surface area is 215 Å². The Bertz CT molecular complexity index is 1500. The van der Waals surface area contributed by atoms with Gasteiger partial charge in [-0.25, -0.2) is 8.42 Å². The molecule has 0 radical (unpaired) electrons. The van der Waals surface area contributed by atoms with E-state index < -0.39 is 9.84 Å². The normalized spacial score (nSPS) is 11.5. The standard InChI is InChI=1S/C29H23ClN2O3S/c30-24-16-18-25(19-17-24)36(33,34)29-28(31-20-21-10-4-1-5-11-21)35-27(32-29)26(22-12-6-2-7-13-22)23-14-8-3-9-15-23/h1-19,26,31H,20H2. The highest BCUT2D eigenvalue weighted by molar-refractivity contribution is 7.91. The predicted molar refractivity (Wildman–Crippen MR) is 141 cm³/mol. The van der Waals surface area contributed by atoms with E-state index in [0.717, 1.165) is 16.7 Å². The van der Waals surface area contributed by atoms with Gasteiger partial charge in [-0.1, -0.05) is 103 Å². The molecule has 0 saturated heterocycles. The third-order valence-corrected chi connectivity index (χ3v) is 7.73. The van der Waals surface area contributed by atoms with Gasteiger partial charge in [0.2, 0.25) is 26.6 Å². The van der Waals surface area contributed by atoms with Crippen LogP contribution in [0.5, 0.6) is 0 Å². The summed E-state index contributed by atoms with van der Waals surface area (Å²) in [6, 6.07) is 35.3. The van der Waals surface area contributed by atoms with Crippen molar-refractivity contribution < 1.29 is 12.8 Å². The largest absolute Gasteiger partial charge is 0.423 e. The zero-order chi connectivity index (χ0) is 25.0. The van der Waals surface area contributed by atoms with Crippen LogP contribution in [0.4, 0.5) is 5.88 Å². The summed E-state index contributed by atoms with van der Waals surface area (Å²) in [4.78, 5) is 4.68. The quantitative estimate of drug-likeness (QED) is 0.242. The lowest BCUT2D eigenvalue weighted by Gasteiger charge is -2.14. The molecule has 0 amide bonds. The van der Waals surface area contributed by atoms with E-state index in [2.05, 4.69) is 10.3 Å². The SMILES string of the molecule is O=S(=O)(c1ccc(Cl)cc1)c1nc(C(c2ccccc2)c2ccccc2)oc1NCc1ccccc1. The number of hydrogen-bond donors (Lipinski definition) is 1. The smallest absolute Gasteiger partial charge is 0.233 e. The van der Waals surface area contributed by atoms with Crippen molar-refractivity contribution >= 4 is 27.3 Å². The van der Waals surface area contributed by atoms with E-state index in [4.69, 9.17) is 16.0 Å². The summed E-state index contributed by atoms with van der Waals surface area (Å²) in [6.07, 6.45) is 0. The van der Waals surface area contributed by atoms with Gasteiger partial charge in [0, 0.05) is 11.6 Å². The summed E-state index contributed by atoms with van der Waals surface area (Å²) in [6.45, 7) is 0.375. The maximum absolute atomic E-state index is 13.7. The summed E-state index contributed by atoms with van der Waals surface area (Å²) >= 11 is 6.00. The van der Waals surface area contributed by atoms with Gasteiger partial charge in [-0.15, -0.1) is 0 Å². The topological polar surface area (TPSA) is 72.2 Å². The number of rotatable bonds is 8. The lowest BCUT2D eigenvalue weighted by Crippen LogP contribution is -2.08. The van der Waals surface area contributed by atoms with Crippen molar-refractivity contribution in [3.63, 3.8) is 0 Å². The minimum Gasteiger partial charge on any atom is -0.423 e. The molecule has 0 fully saturated rings. The fourth-order valence-electron chi connectivity index (χ4n) is 4.01. The van der Waals surface area contributed by atoms with E-state index in [0.29, 0.717) is 11.6 Å². The molecule has 0 saturated carbocycles. The van der Waals surface area contributed by atoms with Gasteiger partial charge in [-0.3, -0.25) is 0 Å². The van der Waals surface area contributed by atoms with Gasteiger partial charge < -0.3 is 9.73 Å². The van der Waals surface area contributed by atoms with E-state index in [1.807, 2.05) is 91.0 Å². The molecule has 36 heavy (non-hydrogen) atoms. The van der Waals surface area contributed by atoms with Crippen molar-refractivity contribution in [3.8, 4) is 0 Å². The van der Waals surface area contributed by atoms with Crippen LogP contribution in [0.2, 0.25) is 5.02 Å². The van der Waals surface area contributed by atoms with Crippen LogP contribution in [-0.2, 0) is 16.4 Å². The average Bonchev–Trinajstić information content (AvgIpc) is 3.34. The van der Waals surface area contributed by atoms with Crippen molar-refractivity contribution in [1.82, 2.24) is 4.98 Å². The molecule has 0 aliphatic heterocycles. The summed E-state index contributed by atoms with van der Waals surface area (Å²) in [5.74, 6) is -0.00462. The van der Waals surface area contributed by atoms with Crippen LogP contribution in [0, 0.1) is 0 Å². The second kappa shape index (κ2) is 10.4. The van der Waals surface area contributed by atoms with Crippen LogP contribution in [0.3, 0.4) is 0 Å². The van der Waals surface area contributed by atoms with Gasteiger partial charge in [-0.2, -0.15) is 4.98 Å². The van der Waals surface area contributed by atoms with Crippen molar-refractivity contribution in [2.75, 3.05) is 5.32 Å². The predicted octanol–water partition coefficient (Wildman–Crippen LogP) is 6.95. The molecule has 0 bridgehead atoms. The molecule has 1 aromatic heterocycles.